The average Bonchev–Trinajstić information content (AvgIpc) is 2.08. The smallest absolute Gasteiger partial charge is 0.142 e. The molecule has 0 radical (unpaired) electrons. The molecule has 0 aliphatic heterocycles. The SMILES string of the molecule is N#CC(Br)c1ccc(Cl)c(F)c1. The lowest BCUT2D eigenvalue weighted by molar-refractivity contribution is 0.626. The zero-order valence-electron chi connectivity index (χ0n) is 5.89. The van der Waals surface area contributed by atoms with E-state index in [2.05, 4.69) is 15.9 Å². The highest BCUT2D eigenvalue weighted by Crippen LogP contribution is 2.24. The Kier molecular flexibility index (Phi) is 3.07. The van der Waals surface area contributed by atoms with Crippen molar-refractivity contribution in [3.8, 4) is 6.07 Å². The Morgan fingerprint density at radius 2 is 2.25 bits per heavy atom. The van der Waals surface area contributed by atoms with E-state index >= 15 is 0 Å². The fraction of sp³-hybridized carbons (Fsp3) is 0.125. The van der Waals surface area contributed by atoms with Gasteiger partial charge in [0.25, 0.3) is 0 Å². The largest absolute Gasteiger partial charge is 0.205 e. The van der Waals surface area contributed by atoms with E-state index in [1.807, 2.05) is 6.07 Å². The minimum absolute atomic E-state index is 0.0661. The minimum atomic E-state index is -0.506. The molecule has 1 rings (SSSR count). The van der Waals surface area contributed by atoms with Crippen molar-refractivity contribution in [2.45, 2.75) is 4.83 Å². The lowest BCUT2D eigenvalue weighted by Crippen LogP contribution is -1.87. The third-order valence-corrected chi connectivity index (χ3v) is 2.39. The van der Waals surface area contributed by atoms with Crippen LogP contribution in [0.2, 0.25) is 5.02 Å². The second-order valence-corrected chi connectivity index (χ2v) is 3.49. The van der Waals surface area contributed by atoms with Crippen LogP contribution in [0, 0.1) is 17.1 Å². The number of hydrogen-bond donors (Lipinski definition) is 0. The van der Waals surface area contributed by atoms with Gasteiger partial charge in [0, 0.05) is 0 Å². The standard InChI is InChI=1S/C8H4BrClFN/c9-6(4-12)5-1-2-7(10)8(11)3-5/h1-3,6H. The highest BCUT2D eigenvalue weighted by atomic mass is 79.9. The molecule has 1 aromatic carbocycles. The molecule has 0 aliphatic carbocycles. The number of hydrogen-bond acceptors (Lipinski definition) is 1. The van der Waals surface area contributed by atoms with E-state index in [4.69, 9.17) is 16.9 Å². The Morgan fingerprint density at radius 1 is 1.58 bits per heavy atom. The third-order valence-electron chi connectivity index (χ3n) is 1.35. The summed E-state index contributed by atoms with van der Waals surface area (Å²) < 4.78 is 12.8. The second kappa shape index (κ2) is 3.88. The van der Waals surface area contributed by atoms with Crippen LogP contribution in [0.5, 0.6) is 0 Å². The van der Waals surface area contributed by atoms with Gasteiger partial charge in [-0.05, 0) is 17.7 Å². The number of halogens is 3. The predicted octanol–water partition coefficient (Wildman–Crippen LogP) is 3.44. The second-order valence-electron chi connectivity index (χ2n) is 2.17. The number of nitrogens with zero attached hydrogens (tertiary/aromatic N) is 1. The maximum atomic E-state index is 12.8. The molecule has 1 nitrogen and oxygen atoms in total. The van der Waals surface area contributed by atoms with Gasteiger partial charge in [-0.15, -0.1) is 0 Å². The topological polar surface area (TPSA) is 23.8 Å². The molecular formula is C8H4BrClFN. The molecule has 0 saturated heterocycles. The summed E-state index contributed by atoms with van der Waals surface area (Å²) in [7, 11) is 0. The Labute approximate surface area is 82.9 Å². The fourth-order valence-electron chi connectivity index (χ4n) is 0.745. The van der Waals surface area contributed by atoms with Gasteiger partial charge in [-0.2, -0.15) is 5.26 Å². The van der Waals surface area contributed by atoms with Crippen LogP contribution < -0.4 is 0 Å². The van der Waals surface area contributed by atoms with Gasteiger partial charge in [0.05, 0.1) is 11.1 Å². The van der Waals surface area contributed by atoms with E-state index in [-0.39, 0.29) is 5.02 Å². The van der Waals surface area contributed by atoms with Crippen molar-refractivity contribution in [2.24, 2.45) is 0 Å². The Balaban J connectivity index is 3.06. The molecule has 0 aromatic heterocycles. The monoisotopic (exact) mass is 247 g/mol. The van der Waals surface area contributed by atoms with E-state index in [1.165, 1.54) is 12.1 Å². The first-order valence-electron chi connectivity index (χ1n) is 3.14. The van der Waals surface area contributed by atoms with Gasteiger partial charge < -0.3 is 0 Å². The first kappa shape index (κ1) is 9.50. The van der Waals surface area contributed by atoms with E-state index in [9.17, 15) is 4.39 Å². The first-order chi connectivity index (χ1) is 5.65. The molecule has 12 heavy (non-hydrogen) atoms. The van der Waals surface area contributed by atoms with Gasteiger partial charge in [-0.25, -0.2) is 4.39 Å². The van der Waals surface area contributed by atoms with Gasteiger partial charge in [0.1, 0.15) is 10.6 Å². The average molecular weight is 248 g/mol. The van der Waals surface area contributed by atoms with Gasteiger partial charge in [0.15, 0.2) is 0 Å². The molecular weight excluding hydrogens is 244 g/mol. The maximum Gasteiger partial charge on any atom is 0.142 e. The third kappa shape index (κ3) is 1.96. The quantitative estimate of drug-likeness (QED) is 0.699. The van der Waals surface area contributed by atoms with Crippen molar-refractivity contribution in [1.29, 1.82) is 5.26 Å². The van der Waals surface area contributed by atoms with Crippen molar-refractivity contribution >= 4 is 27.5 Å². The van der Waals surface area contributed by atoms with Gasteiger partial charge in [0.2, 0.25) is 0 Å². The van der Waals surface area contributed by atoms with Crippen LogP contribution in [-0.2, 0) is 0 Å². The van der Waals surface area contributed by atoms with Gasteiger partial charge >= 0.3 is 0 Å². The highest BCUT2D eigenvalue weighted by Gasteiger charge is 2.07. The number of alkyl halides is 1. The molecule has 0 bridgehead atoms. The predicted molar refractivity (Wildman–Crippen MR) is 48.7 cm³/mol. The molecule has 1 aromatic rings. The summed E-state index contributed by atoms with van der Waals surface area (Å²) in [6.07, 6.45) is 0. The summed E-state index contributed by atoms with van der Waals surface area (Å²) in [4.78, 5) is -0.482. The number of rotatable bonds is 1. The zero-order chi connectivity index (χ0) is 9.14. The molecule has 0 amide bonds. The van der Waals surface area contributed by atoms with Crippen molar-refractivity contribution < 1.29 is 4.39 Å². The van der Waals surface area contributed by atoms with Gasteiger partial charge in [-0.3, -0.25) is 0 Å². The molecule has 0 spiro atoms. The molecule has 0 fully saturated rings. The summed E-state index contributed by atoms with van der Waals surface area (Å²) in [5.74, 6) is -0.506. The molecule has 0 N–H and O–H groups in total. The molecule has 1 unspecified atom stereocenters. The zero-order valence-corrected chi connectivity index (χ0v) is 8.23. The van der Waals surface area contributed by atoms with Crippen LogP contribution in [0.1, 0.15) is 10.4 Å². The summed E-state index contributed by atoms with van der Waals surface area (Å²) in [5, 5.41) is 8.56. The van der Waals surface area contributed by atoms with Crippen LogP contribution in [0.4, 0.5) is 4.39 Å². The molecule has 1 atom stereocenters. The summed E-state index contributed by atoms with van der Waals surface area (Å²) in [5.41, 5.74) is 0.569. The van der Waals surface area contributed by atoms with Crippen LogP contribution in [0.3, 0.4) is 0 Å². The van der Waals surface area contributed by atoms with E-state index in [0.29, 0.717) is 5.56 Å². The maximum absolute atomic E-state index is 12.8. The van der Waals surface area contributed by atoms with E-state index < -0.39 is 10.6 Å². The lowest BCUT2D eigenvalue weighted by atomic mass is 10.2. The van der Waals surface area contributed by atoms with Crippen LogP contribution in [0.15, 0.2) is 18.2 Å². The van der Waals surface area contributed by atoms with Gasteiger partial charge in [-0.1, -0.05) is 33.6 Å². The molecule has 0 heterocycles. The van der Waals surface area contributed by atoms with Crippen LogP contribution in [0.25, 0.3) is 0 Å². The molecule has 62 valence electrons. The molecule has 4 heteroatoms. The highest BCUT2D eigenvalue weighted by molar-refractivity contribution is 9.09. The minimum Gasteiger partial charge on any atom is -0.205 e. The number of benzene rings is 1. The van der Waals surface area contributed by atoms with E-state index in [1.54, 1.807) is 6.07 Å². The molecule has 0 aliphatic rings. The van der Waals surface area contributed by atoms with Crippen molar-refractivity contribution in [3.05, 3.63) is 34.6 Å². The Bertz CT molecular complexity index is 334. The Morgan fingerprint density at radius 3 is 2.75 bits per heavy atom. The van der Waals surface area contributed by atoms with Crippen molar-refractivity contribution in [1.82, 2.24) is 0 Å². The van der Waals surface area contributed by atoms with Crippen LogP contribution >= 0.6 is 27.5 Å². The van der Waals surface area contributed by atoms with Crippen molar-refractivity contribution in [2.75, 3.05) is 0 Å². The van der Waals surface area contributed by atoms with Crippen molar-refractivity contribution in [3.63, 3.8) is 0 Å². The summed E-state index contributed by atoms with van der Waals surface area (Å²) >= 11 is 8.53. The Hall–Kier alpha value is -0.590. The molecule has 0 saturated carbocycles. The lowest BCUT2D eigenvalue weighted by Gasteiger charge is -2.01. The first-order valence-corrected chi connectivity index (χ1v) is 4.43. The number of nitriles is 1. The summed E-state index contributed by atoms with van der Waals surface area (Å²) in [6, 6.07) is 6.21. The van der Waals surface area contributed by atoms with E-state index in [0.717, 1.165) is 0 Å². The fourth-order valence-corrected chi connectivity index (χ4v) is 1.15. The summed E-state index contributed by atoms with van der Waals surface area (Å²) in [6.45, 7) is 0. The van der Waals surface area contributed by atoms with Crippen LogP contribution in [-0.4, -0.2) is 0 Å². The normalized spacial score (nSPS) is 12.2.